The zero-order valence-electron chi connectivity index (χ0n) is 15.1. The molecule has 0 fully saturated rings. The van der Waals surface area contributed by atoms with Crippen LogP contribution in [0, 0.1) is 6.92 Å². The second-order valence-electron chi connectivity index (χ2n) is 6.13. The van der Waals surface area contributed by atoms with E-state index in [0.717, 1.165) is 11.3 Å². The third-order valence-corrected chi connectivity index (χ3v) is 4.26. The first-order valence-electron chi connectivity index (χ1n) is 8.60. The van der Waals surface area contributed by atoms with Crippen LogP contribution in [0.15, 0.2) is 66.9 Å². The molecule has 0 aliphatic rings. The minimum atomic E-state index is -0.317. The Kier molecular flexibility index (Phi) is 4.51. The smallest absolute Gasteiger partial charge is 0.257 e. The average molecular weight is 371 g/mol. The Bertz CT molecular complexity index is 1140. The van der Waals surface area contributed by atoms with Gasteiger partial charge in [-0.3, -0.25) is 9.78 Å². The lowest BCUT2D eigenvalue weighted by molar-refractivity contribution is 0.102. The van der Waals surface area contributed by atoms with Gasteiger partial charge >= 0.3 is 0 Å². The molecule has 2 heterocycles. The molecule has 1 amide bonds. The predicted molar refractivity (Wildman–Crippen MR) is 106 cm³/mol. The van der Waals surface area contributed by atoms with Crippen LogP contribution in [-0.4, -0.2) is 31.1 Å². The van der Waals surface area contributed by atoms with Gasteiger partial charge in [-0.15, -0.1) is 5.10 Å². The molecule has 8 heteroatoms. The van der Waals surface area contributed by atoms with Crippen LogP contribution in [0.3, 0.4) is 0 Å². The summed E-state index contributed by atoms with van der Waals surface area (Å²) >= 11 is 0. The maximum atomic E-state index is 12.8. The van der Waals surface area contributed by atoms with Gasteiger partial charge in [0.25, 0.3) is 5.91 Å². The van der Waals surface area contributed by atoms with Crippen molar-refractivity contribution in [1.29, 1.82) is 0 Å². The summed E-state index contributed by atoms with van der Waals surface area (Å²) in [7, 11) is 0. The summed E-state index contributed by atoms with van der Waals surface area (Å²) < 4.78 is 1.59. The molecule has 0 saturated carbocycles. The molecule has 28 heavy (non-hydrogen) atoms. The molecule has 2 aromatic heterocycles. The van der Waals surface area contributed by atoms with Crippen LogP contribution in [0.4, 0.5) is 11.4 Å². The number of rotatable bonds is 4. The van der Waals surface area contributed by atoms with Crippen molar-refractivity contribution in [2.75, 3.05) is 11.1 Å². The fourth-order valence-electron chi connectivity index (χ4n) is 2.88. The van der Waals surface area contributed by atoms with Crippen LogP contribution in [0.25, 0.3) is 16.9 Å². The first-order chi connectivity index (χ1) is 13.6. The summed E-state index contributed by atoms with van der Waals surface area (Å²) in [6.45, 7) is 1.80. The van der Waals surface area contributed by atoms with Crippen molar-refractivity contribution >= 4 is 17.3 Å². The molecule has 4 rings (SSSR count). The molecule has 2 aromatic carbocycles. The lowest BCUT2D eigenvalue weighted by atomic mass is 10.1. The van der Waals surface area contributed by atoms with E-state index in [1.165, 1.54) is 0 Å². The van der Waals surface area contributed by atoms with E-state index >= 15 is 0 Å². The van der Waals surface area contributed by atoms with Gasteiger partial charge < -0.3 is 11.1 Å². The summed E-state index contributed by atoms with van der Waals surface area (Å²) in [4.78, 5) is 17.1. The minimum absolute atomic E-state index is 0.317. The number of aromatic nitrogens is 5. The molecule has 0 aliphatic heterocycles. The lowest BCUT2D eigenvalue weighted by Gasteiger charge is -2.11. The number of hydrogen-bond donors (Lipinski definition) is 2. The van der Waals surface area contributed by atoms with E-state index in [0.29, 0.717) is 28.5 Å². The van der Waals surface area contributed by atoms with Crippen molar-refractivity contribution in [3.05, 3.63) is 78.2 Å². The third-order valence-electron chi connectivity index (χ3n) is 4.26. The number of benzene rings is 2. The highest BCUT2D eigenvalue weighted by molar-refractivity contribution is 6.09. The number of carbonyl (C=O) groups is 1. The quantitative estimate of drug-likeness (QED) is 0.570. The average Bonchev–Trinajstić information content (AvgIpc) is 3.15. The zero-order valence-corrected chi connectivity index (χ0v) is 15.1. The Morgan fingerprint density at radius 2 is 1.89 bits per heavy atom. The van der Waals surface area contributed by atoms with Gasteiger partial charge in [0.15, 0.2) is 5.82 Å². The van der Waals surface area contributed by atoms with Crippen LogP contribution in [0.5, 0.6) is 0 Å². The van der Waals surface area contributed by atoms with Gasteiger partial charge in [-0.1, -0.05) is 36.4 Å². The number of nitrogens with two attached hydrogens (primary N) is 1. The van der Waals surface area contributed by atoms with Crippen molar-refractivity contribution in [3.8, 4) is 16.9 Å². The molecule has 0 bridgehead atoms. The SMILES string of the molecule is Cc1nnnn1-c1cccc(NC(=O)c2ccnc(-c3ccccc3)c2N)c1. The number of hydrogen-bond acceptors (Lipinski definition) is 6. The molecule has 0 aliphatic carbocycles. The highest BCUT2D eigenvalue weighted by Gasteiger charge is 2.15. The van der Waals surface area contributed by atoms with E-state index in [1.807, 2.05) is 42.5 Å². The van der Waals surface area contributed by atoms with Gasteiger partial charge in [0.05, 0.1) is 22.6 Å². The predicted octanol–water partition coefficient (Wildman–Crippen LogP) is 2.87. The monoisotopic (exact) mass is 371 g/mol. The van der Waals surface area contributed by atoms with Crippen molar-refractivity contribution in [2.45, 2.75) is 6.92 Å². The van der Waals surface area contributed by atoms with Gasteiger partial charge in [-0.05, 0) is 41.6 Å². The summed E-state index contributed by atoms with van der Waals surface area (Å²) in [6, 6.07) is 18.4. The summed E-state index contributed by atoms with van der Waals surface area (Å²) in [5.74, 6) is 0.331. The van der Waals surface area contributed by atoms with Crippen LogP contribution in [0.2, 0.25) is 0 Å². The Balaban J connectivity index is 1.62. The molecule has 0 saturated heterocycles. The van der Waals surface area contributed by atoms with Crippen LogP contribution >= 0.6 is 0 Å². The number of nitrogens with one attached hydrogen (secondary N) is 1. The first kappa shape index (κ1) is 17.3. The van der Waals surface area contributed by atoms with Crippen LogP contribution in [0.1, 0.15) is 16.2 Å². The Hall–Kier alpha value is -4.07. The number of tetrazole rings is 1. The highest BCUT2D eigenvalue weighted by Crippen LogP contribution is 2.26. The molecule has 0 unspecified atom stereocenters. The largest absolute Gasteiger partial charge is 0.396 e. The number of anilines is 2. The van der Waals surface area contributed by atoms with Gasteiger partial charge in [0, 0.05) is 17.4 Å². The lowest BCUT2D eigenvalue weighted by Crippen LogP contribution is -2.15. The molecule has 0 radical (unpaired) electrons. The molecule has 8 nitrogen and oxygen atoms in total. The Morgan fingerprint density at radius 1 is 1.07 bits per heavy atom. The zero-order chi connectivity index (χ0) is 19.5. The molecule has 0 atom stereocenters. The standard InChI is InChI=1S/C20H17N7O/c1-13-24-25-26-27(13)16-9-5-8-15(12-16)23-20(28)17-10-11-22-19(18(17)21)14-6-3-2-4-7-14/h2-12H,21H2,1H3,(H,23,28). The maximum absolute atomic E-state index is 12.8. The van der Waals surface area contributed by atoms with Gasteiger partial charge in [-0.2, -0.15) is 4.68 Å². The highest BCUT2D eigenvalue weighted by atomic mass is 16.1. The molecular weight excluding hydrogens is 354 g/mol. The molecular formula is C20H17N7O. The molecule has 138 valence electrons. The number of nitrogens with zero attached hydrogens (tertiary/aromatic N) is 5. The topological polar surface area (TPSA) is 112 Å². The van der Waals surface area contributed by atoms with E-state index in [9.17, 15) is 4.79 Å². The van der Waals surface area contributed by atoms with Gasteiger partial charge in [0.2, 0.25) is 0 Å². The minimum Gasteiger partial charge on any atom is -0.396 e. The number of nitrogen functional groups attached to an aromatic ring is 1. The molecule has 3 N–H and O–H groups in total. The fourth-order valence-corrected chi connectivity index (χ4v) is 2.88. The second kappa shape index (κ2) is 7.28. The summed E-state index contributed by atoms with van der Waals surface area (Å²) in [6.07, 6.45) is 1.58. The molecule has 4 aromatic rings. The Labute approximate surface area is 161 Å². The number of aryl methyl sites for hydroxylation is 1. The van der Waals surface area contributed by atoms with E-state index in [1.54, 1.807) is 36.0 Å². The van der Waals surface area contributed by atoms with E-state index in [2.05, 4.69) is 25.8 Å². The Morgan fingerprint density at radius 3 is 2.64 bits per heavy atom. The number of amides is 1. The van der Waals surface area contributed by atoms with E-state index in [-0.39, 0.29) is 5.91 Å². The fraction of sp³-hybridized carbons (Fsp3) is 0.0500. The van der Waals surface area contributed by atoms with E-state index in [4.69, 9.17) is 5.73 Å². The van der Waals surface area contributed by atoms with Crippen molar-refractivity contribution in [3.63, 3.8) is 0 Å². The first-order valence-corrected chi connectivity index (χ1v) is 8.60. The molecule has 0 spiro atoms. The van der Waals surface area contributed by atoms with Gasteiger partial charge in [0.1, 0.15) is 0 Å². The number of pyridine rings is 1. The van der Waals surface area contributed by atoms with Crippen molar-refractivity contribution in [1.82, 2.24) is 25.2 Å². The maximum Gasteiger partial charge on any atom is 0.257 e. The number of carbonyl (C=O) groups excluding carboxylic acids is 1. The summed E-state index contributed by atoms with van der Waals surface area (Å²) in [5.41, 5.74) is 9.71. The van der Waals surface area contributed by atoms with Gasteiger partial charge in [-0.25, -0.2) is 0 Å². The normalized spacial score (nSPS) is 10.6. The van der Waals surface area contributed by atoms with E-state index < -0.39 is 0 Å². The van der Waals surface area contributed by atoms with Crippen LogP contribution < -0.4 is 11.1 Å². The van der Waals surface area contributed by atoms with Crippen LogP contribution in [-0.2, 0) is 0 Å². The van der Waals surface area contributed by atoms with Crippen molar-refractivity contribution in [2.24, 2.45) is 0 Å². The van der Waals surface area contributed by atoms with Crippen molar-refractivity contribution < 1.29 is 4.79 Å². The second-order valence-corrected chi connectivity index (χ2v) is 6.13. The third kappa shape index (κ3) is 3.30. The summed E-state index contributed by atoms with van der Waals surface area (Å²) in [5, 5.41) is 14.3.